The summed E-state index contributed by atoms with van der Waals surface area (Å²) in [6.45, 7) is 4.99. The minimum atomic E-state index is -0.662. The number of nitrogens with one attached hydrogen (secondary N) is 1. The molecule has 2 unspecified atom stereocenters. The zero-order valence-corrected chi connectivity index (χ0v) is 53.9. The van der Waals surface area contributed by atoms with Crippen LogP contribution < -0.4 is 5.32 Å². The quantitative estimate of drug-likeness (QED) is 0.0320. The number of amides is 1. The van der Waals surface area contributed by atoms with Crippen molar-refractivity contribution < 1.29 is 24.5 Å². The van der Waals surface area contributed by atoms with Gasteiger partial charge in [0.2, 0.25) is 5.91 Å². The number of hydrogen-bond acceptors (Lipinski definition) is 5. The van der Waals surface area contributed by atoms with Crippen LogP contribution in [0.4, 0.5) is 0 Å². The molecule has 0 aliphatic rings. The topological polar surface area (TPSA) is 95.9 Å². The van der Waals surface area contributed by atoms with E-state index >= 15 is 0 Å². The third kappa shape index (κ3) is 65.6. The molecule has 0 radical (unpaired) electrons. The van der Waals surface area contributed by atoms with Crippen molar-refractivity contribution in [1.29, 1.82) is 0 Å². The summed E-state index contributed by atoms with van der Waals surface area (Å²) in [4.78, 5) is 24.6. The van der Waals surface area contributed by atoms with Crippen LogP contribution in [0, 0.1) is 0 Å². The Morgan fingerprint density at radius 2 is 0.595 bits per heavy atom. The molecule has 6 nitrogen and oxygen atoms in total. The Balaban J connectivity index is 3.33. The average molecular weight is 1110 g/mol. The van der Waals surface area contributed by atoms with Gasteiger partial charge in [-0.1, -0.05) is 366 Å². The summed E-state index contributed by atoms with van der Waals surface area (Å²) in [7, 11) is 0. The molecule has 0 saturated carbocycles. The van der Waals surface area contributed by atoms with Gasteiger partial charge in [0.1, 0.15) is 0 Å². The standard InChI is InChI=1S/C73H143NO5/c1-3-5-7-9-11-13-15-17-19-21-34-37-41-45-49-53-57-61-65-71(76)70(69-75)74-72(77)66-62-58-54-50-46-42-38-35-31-29-27-25-23-22-24-26-28-30-32-36-40-44-48-52-56-60-64-68-79-73(78)67-63-59-55-51-47-43-39-33-20-18-16-14-12-10-8-6-4-2/h18,20,70-71,75-76H,3-17,19,21-69H2,1-2H3,(H,74,77)/b20-18-. The Hall–Kier alpha value is -1.40. The number of ether oxygens (including phenoxy) is 1. The van der Waals surface area contributed by atoms with Crippen LogP contribution in [0.15, 0.2) is 12.2 Å². The smallest absolute Gasteiger partial charge is 0.305 e. The van der Waals surface area contributed by atoms with Gasteiger partial charge in [-0.15, -0.1) is 0 Å². The number of unbranched alkanes of at least 4 members (excludes halogenated alkanes) is 56. The van der Waals surface area contributed by atoms with Crippen LogP contribution >= 0.6 is 0 Å². The second-order valence-corrected chi connectivity index (χ2v) is 25.3. The fraction of sp³-hybridized carbons (Fsp3) is 0.945. The van der Waals surface area contributed by atoms with E-state index in [9.17, 15) is 19.8 Å². The van der Waals surface area contributed by atoms with Crippen LogP contribution in [-0.2, 0) is 14.3 Å². The van der Waals surface area contributed by atoms with E-state index in [2.05, 4.69) is 31.3 Å². The second kappa shape index (κ2) is 69.1. The lowest BCUT2D eigenvalue weighted by atomic mass is 10.0. The Bertz CT molecular complexity index is 1190. The fourth-order valence-corrected chi connectivity index (χ4v) is 11.8. The first-order valence-electron chi connectivity index (χ1n) is 36.4. The molecule has 470 valence electrons. The molecule has 3 N–H and O–H groups in total. The number of rotatable bonds is 69. The molecule has 6 heteroatoms. The maximum atomic E-state index is 12.5. The van der Waals surface area contributed by atoms with Gasteiger partial charge in [-0.25, -0.2) is 0 Å². The molecule has 0 spiro atoms. The Morgan fingerprint density at radius 1 is 0.342 bits per heavy atom. The molecule has 79 heavy (non-hydrogen) atoms. The lowest BCUT2D eigenvalue weighted by Gasteiger charge is -2.22. The van der Waals surface area contributed by atoms with Crippen LogP contribution in [-0.4, -0.2) is 47.4 Å². The lowest BCUT2D eigenvalue weighted by Crippen LogP contribution is -2.45. The highest BCUT2D eigenvalue weighted by molar-refractivity contribution is 5.76. The van der Waals surface area contributed by atoms with Crippen LogP contribution in [0.5, 0.6) is 0 Å². The highest BCUT2D eigenvalue weighted by atomic mass is 16.5. The van der Waals surface area contributed by atoms with E-state index in [1.807, 2.05) is 0 Å². The third-order valence-corrected chi connectivity index (χ3v) is 17.3. The Kier molecular flexibility index (Phi) is 67.9. The summed E-state index contributed by atoms with van der Waals surface area (Å²) in [5.41, 5.74) is 0. The first kappa shape index (κ1) is 77.6. The minimum Gasteiger partial charge on any atom is -0.466 e. The van der Waals surface area contributed by atoms with Gasteiger partial charge in [0.05, 0.1) is 25.4 Å². The van der Waals surface area contributed by atoms with Crippen LogP contribution in [0.1, 0.15) is 418 Å². The van der Waals surface area contributed by atoms with Gasteiger partial charge in [0.15, 0.2) is 0 Å². The minimum absolute atomic E-state index is 0.0159. The zero-order chi connectivity index (χ0) is 57.1. The highest BCUT2D eigenvalue weighted by Crippen LogP contribution is 2.19. The molecule has 0 aromatic carbocycles. The molecule has 0 rings (SSSR count). The number of aliphatic hydroxyl groups excluding tert-OH is 2. The highest BCUT2D eigenvalue weighted by Gasteiger charge is 2.20. The molecular formula is C73H143NO5. The van der Waals surface area contributed by atoms with Crippen molar-refractivity contribution in [1.82, 2.24) is 5.32 Å². The van der Waals surface area contributed by atoms with Gasteiger partial charge in [-0.3, -0.25) is 9.59 Å². The van der Waals surface area contributed by atoms with Gasteiger partial charge in [-0.05, 0) is 51.4 Å². The molecule has 0 aromatic rings. The molecule has 0 aromatic heterocycles. The number of carbonyl (C=O) groups excluding carboxylic acids is 2. The zero-order valence-electron chi connectivity index (χ0n) is 53.9. The molecule has 2 atom stereocenters. The van der Waals surface area contributed by atoms with Gasteiger partial charge in [0, 0.05) is 12.8 Å². The van der Waals surface area contributed by atoms with Crippen molar-refractivity contribution in [2.75, 3.05) is 13.2 Å². The van der Waals surface area contributed by atoms with Crippen LogP contribution in [0.2, 0.25) is 0 Å². The molecule has 0 heterocycles. The van der Waals surface area contributed by atoms with Crippen molar-refractivity contribution in [3.8, 4) is 0 Å². The van der Waals surface area contributed by atoms with Gasteiger partial charge < -0.3 is 20.3 Å². The number of esters is 1. The summed E-state index contributed by atoms with van der Waals surface area (Å²) < 4.78 is 5.51. The number of allylic oxidation sites excluding steroid dienone is 2. The van der Waals surface area contributed by atoms with E-state index in [0.717, 1.165) is 44.9 Å². The van der Waals surface area contributed by atoms with Crippen LogP contribution in [0.25, 0.3) is 0 Å². The van der Waals surface area contributed by atoms with E-state index in [0.29, 0.717) is 25.9 Å². The normalized spacial score (nSPS) is 12.5. The summed E-state index contributed by atoms with van der Waals surface area (Å²) in [5, 5.41) is 23.4. The lowest BCUT2D eigenvalue weighted by molar-refractivity contribution is -0.143. The summed E-state index contributed by atoms with van der Waals surface area (Å²) in [5.74, 6) is -0.0119. The summed E-state index contributed by atoms with van der Waals surface area (Å²) in [6.07, 6.45) is 85.5. The first-order chi connectivity index (χ1) is 39.0. The summed E-state index contributed by atoms with van der Waals surface area (Å²) >= 11 is 0. The maximum Gasteiger partial charge on any atom is 0.305 e. The van der Waals surface area contributed by atoms with Gasteiger partial charge in [-0.2, -0.15) is 0 Å². The van der Waals surface area contributed by atoms with Crippen molar-refractivity contribution in [3.05, 3.63) is 12.2 Å². The van der Waals surface area contributed by atoms with Crippen molar-refractivity contribution >= 4 is 11.9 Å². The maximum absolute atomic E-state index is 12.5. The predicted octanol–water partition coefficient (Wildman–Crippen LogP) is 23.5. The van der Waals surface area contributed by atoms with Gasteiger partial charge in [0.25, 0.3) is 0 Å². The molecule has 0 aliphatic carbocycles. The SMILES string of the molecule is CCCCCCCC/C=C\CCCCCCCCCC(=O)OCCCCCCCCCCCCCCCCCCCCCCCCCCCCCC(=O)NC(CO)C(O)CCCCCCCCCCCCCCCCCCCC. The summed E-state index contributed by atoms with van der Waals surface area (Å²) in [6, 6.07) is -0.539. The van der Waals surface area contributed by atoms with Crippen molar-refractivity contribution in [2.24, 2.45) is 0 Å². The second-order valence-electron chi connectivity index (χ2n) is 25.3. The van der Waals surface area contributed by atoms with E-state index in [4.69, 9.17) is 4.74 Å². The van der Waals surface area contributed by atoms with E-state index in [1.54, 1.807) is 0 Å². The molecule has 0 aliphatic heterocycles. The van der Waals surface area contributed by atoms with Crippen molar-refractivity contribution in [2.45, 2.75) is 431 Å². The molecular weight excluding hydrogens is 971 g/mol. The largest absolute Gasteiger partial charge is 0.466 e. The molecule has 0 fully saturated rings. The third-order valence-electron chi connectivity index (χ3n) is 17.3. The van der Waals surface area contributed by atoms with E-state index < -0.39 is 12.1 Å². The molecule has 0 bridgehead atoms. The van der Waals surface area contributed by atoms with Gasteiger partial charge >= 0.3 is 5.97 Å². The monoisotopic (exact) mass is 1110 g/mol. The molecule has 0 saturated heterocycles. The average Bonchev–Trinajstić information content (AvgIpc) is 3.45. The van der Waals surface area contributed by atoms with Crippen LogP contribution in [0.3, 0.4) is 0 Å². The number of aliphatic hydroxyl groups is 2. The van der Waals surface area contributed by atoms with E-state index in [-0.39, 0.29) is 18.5 Å². The predicted molar refractivity (Wildman–Crippen MR) is 347 cm³/mol. The molecule has 1 amide bonds. The Labute approximate surface area is 495 Å². The number of hydrogen-bond donors (Lipinski definition) is 3. The van der Waals surface area contributed by atoms with E-state index in [1.165, 1.54) is 340 Å². The number of carbonyl (C=O) groups is 2. The first-order valence-corrected chi connectivity index (χ1v) is 36.4. The van der Waals surface area contributed by atoms with Crippen molar-refractivity contribution in [3.63, 3.8) is 0 Å². The fourth-order valence-electron chi connectivity index (χ4n) is 11.8. The Morgan fingerprint density at radius 3 is 0.899 bits per heavy atom.